The van der Waals surface area contributed by atoms with Crippen LogP contribution >= 0.6 is 0 Å². The van der Waals surface area contributed by atoms with Crippen LogP contribution in [0.5, 0.6) is 0 Å². The normalized spacial score (nSPS) is 18.4. The van der Waals surface area contributed by atoms with Gasteiger partial charge in [0, 0.05) is 6.42 Å². The van der Waals surface area contributed by atoms with Gasteiger partial charge in [-0.2, -0.15) is 8.42 Å². The van der Waals surface area contributed by atoms with E-state index in [2.05, 4.69) is 35.5 Å². The monoisotopic (exact) mass is 1210 g/mol. The molecule has 0 spiro atoms. The van der Waals surface area contributed by atoms with Crippen LogP contribution in [-0.4, -0.2) is 95.4 Å². The number of aliphatic hydroxyl groups is 4. The smallest absolute Gasteiger partial charge is 0.394 e. The van der Waals surface area contributed by atoms with Crippen molar-refractivity contribution in [3.8, 4) is 0 Å². The van der Waals surface area contributed by atoms with Crippen LogP contribution in [0.25, 0.3) is 0 Å². The molecule has 0 saturated carbocycles. The summed E-state index contributed by atoms with van der Waals surface area (Å²) in [6.07, 6.45) is 69.8. The summed E-state index contributed by atoms with van der Waals surface area (Å²) in [7, 11) is -5.09. The van der Waals surface area contributed by atoms with E-state index < -0.39 is 59.9 Å². The first-order chi connectivity index (χ1) is 41.0. The van der Waals surface area contributed by atoms with Crippen LogP contribution in [0.3, 0.4) is 0 Å². The van der Waals surface area contributed by atoms with E-state index >= 15 is 0 Å². The summed E-state index contributed by atoms with van der Waals surface area (Å²) < 4.78 is 48.1. The number of hydrogen-bond donors (Lipinski definition) is 6. The molecule has 7 unspecified atom stereocenters. The highest BCUT2D eigenvalue weighted by Gasteiger charge is 2.48. The largest absolute Gasteiger partial charge is 0.397 e. The number of rotatable bonds is 65. The number of aliphatic hydroxyl groups excluding tert-OH is 4. The maximum absolute atomic E-state index is 13.2. The molecule has 0 aliphatic carbocycles. The molecule has 7 atom stereocenters. The van der Waals surface area contributed by atoms with Gasteiger partial charge in [0.05, 0.1) is 25.4 Å². The fourth-order valence-corrected chi connectivity index (χ4v) is 12.4. The third-order valence-corrected chi connectivity index (χ3v) is 17.9. The lowest BCUT2D eigenvalue weighted by atomic mass is 9.99. The molecule has 1 aliphatic rings. The van der Waals surface area contributed by atoms with Gasteiger partial charge in [0.25, 0.3) is 0 Å². The Hall–Kier alpha value is -1.42. The highest BCUT2D eigenvalue weighted by Crippen LogP contribution is 2.26. The van der Waals surface area contributed by atoms with E-state index in [1.807, 2.05) is 6.08 Å². The van der Waals surface area contributed by atoms with Crippen LogP contribution in [0, 0.1) is 0 Å². The fraction of sp³-hybridized carbons (Fsp3) is 0.930. The number of ether oxygens (including phenoxy) is 2. The number of hydrogen-bond acceptors (Lipinski definition) is 10. The molecule has 84 heavy (non-hydrogen) atoms. The average Bonchev–Trinajstić information content (AvgIpc) is 3.68. The van der Waals surface area contributed by atoms with Crippen LogP contribution in [0.4, 0.5) is 0 Å². The molecule has 1 saturated heterocycles. The summed E-state index contributed by atoms with van der Waals surface area (Å²) in [5.41, 5.74) is 0. The van der Waals surface area contributed by atoms with Crippen molar-refractivity contribution in [2.45, 2.75) is 410 Å². The summed E-state index contributed by atoms with van der Waals surface area (Å²) >= 11 is 0. The molecule has 0 aromatic carbocycles. The van der Waals surface area contributed by atoms with Crippen molar-refractivity contribution < 1.29 is 51.8 Å². The van der Waals surface area contributed by atoms with Crippen LogP contribution in [-0.2, 0) is 28.9 Å². The van der Waals surface area contributed by atoms with Gasteiger partial charge in [-0.05, 0) is 44.9 Å². The zero-order chi connectivity index (χ0) is 61.1. The predicted molar refractivity (Wildman–Crippen MR) is 352 cm³/mol. The summed E-state index contributed by atoms with van der Waals surface area (Å²) in [4.78, 5) is 13.2. The molecule has 6 N–H and O–H groups in total. The first-order valence-corrected chi connectivity index (χ1v) is 37.6. The molecule has 0 aromatic heterocycles. The highest BCUT2D eigenvalue weighted by atomic mass is 32.3. The van der Waals surface area contributed by atoms with Gasteiger partial charge < -0.3 is 35.2 Å². The first kappa shape index (κ1) is 80.6. The fourth-order valence-electron chi connectivity index (χ4n) is 11.9. The molecule has 0 radical (unpaired) electrons. The van der Waals surface area contributed by atoms with Gasteiger partial charge in [-0.15, -0.1) is 0 Å². The van der Waals surface area contributed by atoms with Gasteiger partial charge in [-0.25, -0.2) is 4.18 Å². The van der Waals surface area contributed by atoms with Gasteiger partial charge in [-0.3, -0.25) is 9.35 Å². The van der Waals surface area contributed by atoms with Crippen LogP contribution in [0.2, 0.25) is 0 Å². The number of allylic oxidation sites excluding steroid dienone is 3. The average molecular weight is 1210 g/mol. The summed E-state index contributed by atoms with van der Waals surface area (Å²) in [5, 5.41) is 45.2. The minimum atomic E-state index is -5.09. The molecule has 0 aromatic rings. The molecule has 1 fully saturated rings. The Kier molecular flexibility index (Phi) is 58.0. The van der Waals surface area contributed by atoms with Crippen molar-refractivity contribution in [2.75, 3.05) is 13.2 Å². The Bertz CT molecular complexity index is 1570. The third kappa shape index (κ3) is 51.5. The number of unbranched alkanes of at least 4 members (excludes halogenated alkanes) is 51. The topological polar surface area (TPSA) is 192 Å². The molecule has 1 amide bonds. The van der Waals surface area contributed by atoms with Gasteiger partial charge in [0.1, 0.15) is 24.4 Å². The predicted octanol–water partition coefficient (Wildman–Crippen LogP) is 19.1. The van der Waals surface area contributed by atoms with E-state index in [1.165, 1.54) is 302 Å². The van der Waals surface area contributed by atoms with E-state index in [1.54, 1.807) is 6.08 Å². The minimum Gasteiger partial charge on any atom is -0.394 e. The Morgan fingerprint density at radius 3 is 1.07 bits per heavy atom. The highest BCUT2D eigenvalue weighted by molar-refractivity contribution is 7.80. The molecule has 498 valence electrons. The van der Waals surface area contributed by atoms with Crippen LogP contribution in [0.1, 0.15) is 367 Å². The van der Waals surface area contributed by atoms with Crippen molar-refractivity contribution in [3.63, 3.8) is 0 Å². The molecular formula is C71H137NO11S. The van der Waals surface area contributed by atoms with E-state index in [0.29, 0.717) is 6.42 Å². The number of nitrogens with one attached hydrogen (secondary N) is 1. The lowest BCUT2D eigenvalue weighted by Crippen LogP contribution is -2.61. The van der Waals surface area contributed by atoms with E-state index in [9.17, 15) is 38.2 Å². The van der Waals surface area contributed by atoms with E-state index in [-0.39, 0.29) is 18.9 Å². The Balaban J connectivity index is 2.20. The second-order valence-corrected chi connectivity index (χ2v) is 26.6. The van der Waals surface area contributed by atoms with Crippen molar-refractivity contribution in [1.82, 2.24) is 5.32 Å². The number of carbonyl (C=O) groups excluding carboxylic acids is 1. The maximum Gasteiger partial charge on any atom is 0.397 e. The quantitative estimate of drug-likeness (QED) is 0.0193. The SMILES string of the molecule is CCCCCCCCCCCCCCCC/C=C\CCCCCCCCCCCCCCCCCCCC(=O)NC(COC1OC(CO)C(O)C(OS(=O)(=O)O)C1O)C(O)/C=C/CCCCCCCCCCCCCCCCCCCCCC. The summed E-state index contributed by atoms with van der Waals surface area (Å²) in [6, 6.07) is -0.944. The van der Waals surface area contributed by atoms with E-state index in [4.69, 9.17) is 9.47 Å². The summed E-state index contributed by atoms with van der Waals surface area (Å²) in [5.74, 6) is -0.254. The molecular weight excluding hydrogens is 1070 g/mol. The van der Waals surface area contributed by atoms with Crippen molar-refractivity contribution in [1.29, 1.82) is 0 Å². The molecule has 0 bridgehead atoms. The number of amides is 1. The maximum atomic E-state index is 13.2. The van der Waals surface area contributed by atoms with Crippen LogP contribution < -0.4 is 5.32 Å². The van der Waals surface area contributed by atoms with Gasteiger partial charge in [-0.1, -0.05) is 340 Å². The molecule has 13 heteroatoms. The number of carbonyl (C=O) groups is 1. The molecule has 1 aliphatic heterocycles. The lowest BCUT2D eigenvalue weighted by molar-refractivity contribution is -0.298. The Morgan fingerprint density at radius 1 is 0.464 bits per heavy atom. The molecule has 1 rings (SSSR count). The van der Waals surface area contributed by atoms with Crippen molar-refractivity contribution in [3.05, 3.63) is 24.3 Å². The molecule has 1 heterocycles. The Labute approximate surface area is 518 Å². The zero-order valence-electron chi connectivity index (χ0n) is 54.7. The van der Waals surface area contributed by atoms with Gasteiger partial charge in [0.2, 0.25) is 5.91 Å². The van der Waals surface area contributed by atoms with E-state index in [0.717, 1.165) is 38.5 Å². The van der Waals surface area contributed by atoms with Gasteiger partial charge in [0.15, 0.2) is 6.29 Å². The molecule has 12 nitrogen and oxygen atoms in total. The first-order valence-electron chi connectivity index (χ1n) is 36.2. The third-order valence-electron chi connectivity index (χ3n) is 17.5. The zero-order valence-corrected chi connectivity index (χ0v) is 55.6. The van der Waals surface area contributed by atoms with Gasteiger partial charge >= 0.3 is 10.4 Å². The van der Waals surface area contributed by atoms with Crippen molar-refractivity contribution >= 4 is 16.3 Å². The van der Waals surface area contributed by atoms with Crippen molar-refractivity contribution in [2.24, 2.45) is 0 Å². The Morgan fingerprint density at radius 2 is 0.762 bits per heavy atom. The standard InChI is InChI=1S/C71H137NO11S/c1-3-5-7-9-11-13-15-17-19-21-23-25-27-28-29-30-31-32-33-34-35-36-37-38-39-41-43-45-47-49-51-53-55-57-59-61-67(75)72-64(63-81-71-69(77)70(83-84(78,79)80)68(76)66(62-73)82-71)65(74)60-58-56-54-52-50-48-46-44-42-40-26-24-22-20-18-16-14-12-10-8-6-4-2/h30-31,58,60,64-66,68-71,73-74,76-77H,3-29,32-57,59,61-63H2,1-2H3,(H,72,75)(H,78,79,80)/b31-30-,60-58+. The lowest BCUT2D eigenvalue weighted by Gasteiger charge is -2.41. The second-order valence-electron chi connectivity index (χ2n) is 25.5. The minimum absolute atomic E-state index is 0.254. The van der Waals surface area contributed by atoms with Crippen LogP contribution in [0.15, 0.2) is 24.3 Å². The second kappa shape index (κ2) is 60.5. The summed E-state index contributed by atoms with van der Waals surface area (Å²) in [6.45, 7) is 3.46.